The summed E-state index contributed by atoms with van der Waals surface area (Å²) in [6.45, 7) is 3.69. The molecule has 3 N–H and O–H groups in total. The van der Waals surface area contributed by atoms with Crippen molar-refractivity contribution < 1.29 is 4.74 Å². The number of nitrogens with zero attached hydrogens (tertiary/aromatic N) is 2. The summed E-state index contributed by atoms with van der Waals surface area (Å²) in [6, 6.07) is 5.36. The molecule has 0 saturated carbocycles. The standard InChI is InChI=1S/C13H15ClN4O/c1-7-6-9(4-5-10(7)14)19-13-11(12(15)16)8(2)17-18(13)3/h4-6H,1-3H3,(H3,15,16). The lowest BCUT2D eigenvalue weighted by Crippen LogP contribution is -2.13. The van der Waals surface area contributed by atoms with Crippen LogP contribution in [0.2, 0.25) is 5.02 Å². The number of nitrogens with one attached hydrogen (secondary N) is 1. The molecule has 19 heavy (non-hydrogen) atoms. The zero-order valence-electron chi connectivity index (χ0n) is 11.0. The molecular weight excluding hydrogens is 264 g/mol. The van der Waals surface area contributed by atoms with Crippen molar-refractivity contribution in [2.45, 2.75) is 13.8 Å². The lowest BCUT2D eigenvalue weighted by atomic mass is 10.2. The fourth-order valence-electron chi connectivity index (χ4n) is 1.86. The van der Waals surface area contributed by atoms with Crippen molar-refractivity contribution in [3.63, 3.8) is 0 Å². The molecule has 1 aromatic carbocycles. The largest absolute Gasteiger partial charge is 0.438 e. The Morgan fingerprint density at radius 1 is 1.42 bits per heavy atom. The fourth-order valence-corrected chi connectivity index (χ4v) is 1.97. The SMILES string of the molecule is Cc1cc(Oc2c(C(=N)N)c(C)nn2C)ccc1Cl. The van der Waals surface area contributed by atoms with E-state index in [-0.39, 0.29) is 5.84 Å². The molecule has 0 fully saturated rings. The molecule has 2 aromatic rings. The van der Waals surface area contributed by atoms with Crippen molar-refractivity contribution in [1.29, 1.82) is 5.41 Å². The summed E-state index contributed by atoms with van der Waals surface area (Å²) in [6.07, 6.45) is 0. The fraction of sp³-hybridized carbons (Fsp3) is 0.231. The molecule has 0 bridgehead atoms. The molecule has 6 heteroatoms. The highest BCUT2D eigenvalue weighted by Gasteiger charge is 2.18. The predicted octanol–water partition coefficient (Wildman–Crippen LogP) is 2.77. The minimum Gasteiger partial charge on any atom is -0.438 e. The van der Waals surface area contributed by atoms with E-state index in [4.69, 9.17) is 27.5 Å². The van der Waals surface area contributed by atoms with Gasteiger partial charge in [0.25, 0.3) is 0 Å². The van der Waals surface area contributed by atoms with Crippen LogP contribution in [0, 0.1) is 19.3 Å². The molecule has 2 rings (SSSR count). The Kier molecular flexibility index (Phi) is 3.48. The van der Waals surface area contributed by atoms with Crippen LogP contribution < -0.4 is 10.5 Å². The third-order valence-corrected chi connectivity index (χ3v) is 3.21. The van der Waals surface area contributed by atoms with Crippen LogP contribution in [-0.4, -0.2) is 15.6 Å². The molecule has 0 amide bonds. The number of rotatable bonds is 3. The highest BCUT2D eigenvalue weighted by Crippen LogP contribution is 2.29. The maximum absolute atomic E-state index is 7.60. The first kappa shape index (κ1) is 13.4. The van der Waals surface area contributed by atoms with E-state index in [0.717, 1.165) is 5.56 Å². The number of aryl methyl sites for hydroxylation is 3. The van der Waals surface area contributed by atoms with Crippen molar-refractivity contribution in [3.8, 4) is 11.6 Å². The van der Waals surface area contributed by atoms with E-state index in [2.05, 4.69) is 5.10 Å². The van der Waals surface area contributed by atoms with Crippen LogP contribution in [0.4, 0.5) is 0 Å². The first-order chi connectivity index (χ1) is 8.90. The summed E-state index contributed by atoms with van der Waals surface area (Å²) >= 11 is 5.97. The summed E-state index contributed by atoms with van der Waals surface area (Å²) in [4.78, 5) is 0. The lowest BCUT2D eigenvalue weighted by molar-refractivity contribution is 0.429. The summed E-state index contributed by atoms with van der Waals surface area (Å²) in [5.41, 5.74) is 7.66. The zero-order chi connectivity index (χ0) is 14.2. The van der Waals surface area contributed by atoms with Crippen molar-refractivity contribution >= 4 is 17.4 Å². The molecule has 0 unspecified atom stereocenters. The van der Waals surface area contributed by atoms with Crippen LogP contribution in [0.25, 0.3) is 0 Å². The third kappa shape index (κ3) is 2.56. The first-order valence-corrected chi connectivity index (χ1v) is 6.10. The average Bonchev–Trinajstić information content (AvgIpc) is 2.59. The second kappa shape index (κ2) is 4.93. The van der Waals surface area contributed by atoms with Crippen LogP contribution >= 0.6 is 11.6 Å². The summed E-state index contributed by atoms with van der Waals surface area (Å²) < 4.78 is 7.34. The van der Waals surface area contributed by atoms with Gasteiger partial charge in [0.05, 0.1) is 5.69 Å². The van der Waals surface area contributed by atoms with Gasteiger partial charge in [-0.1, -0.05) is 11.6 Å². The maximum atomic E-state index is 7.60. The summed E-state index contributed by atoms with van der Waals surface area (Å²) in [5, 5.41) is 12.5. The van der Waals surface area contributed by atoms with Gasteiger partial charge in [-0.25, -0.2) is 4.68 Å². The van der Waals surface area contributed by atoms with Crippen molar-refractivity contribution in [3.05, 3.63) is 40.0 Å². The van der Waals surface area contributed by atoms with Crippen LogP contribution in [0.15, 0.2) is 18.2 Å². The van der Waals surface area contributed by atoms with Gasteiger partial charge >= 0.3 is 0 Å². The Morgan fingerprint density at radius 3 is 2.68 bits per heavy atom. The summed E-state index contributed by atoms with van der Waals surface area (Å²) in [5.74, 6) is 1.02. The molecular formula is C13H15ClN4O. The Balaban J connectivity index is 2.43. The van der Waals surface area contributed by atoms with Crippen LogP contribution in [-0.2, 0) is 7.05 Å². The lowest BCUT2D eigenvalue weighted by Gasteiger charge is -2.09. The smallest absolute Gasteiger partial charge is 0.228 e. The number of halogens is 1. The Morgan fingerprint density at radius 2 is 2.11 bits per heavy atom. The normalized spacial score (nSPS) is 10.5. The van der Waals surface area contributed by atoms with Crippen molar-refractivity contribution in [2.24, 2.45) is 12.8 Å². The average molecular weight is 279 g/mol. The first-order valence-electron chi connectivity index (χ1n) is 5.72. The maximum Gasteiger partial charge on any atom is 0.228 e. The van der Waals surface area contributed by atoms with Gasteiger partial charge < -0.3 is 10.5 Å². The highest BCUT2D eigenvalue weighted by atomic mass is 35.5. The molecule has 0 spiro atoms. The van der Waals surface area contributed by atoms with E-state index in [1.165, 1.54) is 0 Å². The van der Waals surface area contributed by atoms with Gasteiger partial charge in [-0.05, 0) is 37.6 Å². The number of aromatic nitrogens is 2. The van der Waals surface area contributed by atoms with E-state index in [1.54, 1.807) is 30.8 Å². The molecule has 1 aromatic heterocycles. The van der Waals surface area contributed by atoms with Gasteiger partial charge in [0, 0.05) is 12.1 Å². The van der Waals surface area contributed by atoms with Crippen molar-refractivity contribution in [2.75, 3.05) is 0 Å². The number of nitrogens with two attached hydrogens (primary N) is 1. The number of hydrogen-bond donors (Lipinski definition) is 2. The van der Waals surface area contributed by atoms with Gasteiger partial charge in [-0.15, -0.1) is 0 Å². The van der Waals surface area contributed by atoms with Gasteiger partial charge in [0.2, 0.25) is 5.88 Å². The molecule has 100 valence electrons. The number of hydrogen-bond acceptors (Lipinski definition) is 3. The van der Waals surface area contributed by atoms with Crippen LogP contribution in [0.5, 0.6) is 11.6 Å². The van der Waals surface area contributed by atoms with Gasteiger partial charge in [0.1, 0.15) is 17.1 Å². The molecule has 0 aliphatic heterocycles. The van der Waals surface area contributed by atoms with E-state index < -0.39 is 0 Å². The van der Waals surface area contributed by atoms with E-state index in [0.29, 0.717) is 27.9 Å². The molecule has 0 radical (unpaired) electrons. The quantitative estimate of drug-likeness (QED) is 0.669. The van der Waals surface area contributed by atoms with Crippen molar-refractivity contribution in [1.82, 2.24) is 9.78 Å². The van der Waals surface area contributed by atoms with E-state index >= 15 is 0 Å². The zero-order valence-corrected chi connectivity index (χ0v) is 11.7. The topological polar surface area (TPSA) is 76.9 Å². The summed E-state index contributed by atoms with van der Waals surface area (Å²) in [7, 11) is 1.75. The highest BCUT2D eigenvalue weighted by molar-refractivity contribution is 6.31. The number of amidine groups is 1. The monoisotopic (exact) mass is 278 g/mol. The number of benzene rings is 1. The predicted molar refractivity (Wildman–Crippen MR) is 75.2 cm³/mol. The van der Waals surface area contributed by atoms with E-state index in [1.807, 2.05) is 13.0 Å². The minimum atomic E-state index is -0.0636. The van der Waals surface area contributed by atoms with Gasteiger partial charge in [-0.3, -0.25) is 5.41 Å². The van der Waals surface area contributed by atoms with Crippen LogP contribution in [0.3, 0.4) is 0 Å². The van der Waals surface area contributed by atoms with Gasteiger partial charge in [-0.2, -0.15) is 5.10 Å². The molecule has 0 aliphatic carbocycles. The Bertz CT molecular complexity index is 648. The molecule has 0 atom stereocenters. The molecule has 5 nitrogen and oxygen atoms in total. The number of ether oxygens (including phenoxy) is 1. The second-order valence-electron chi connectivity index (χ2n) is 4.32. The molecule has 1 heterocycles. The van der Waals surface area contributed by atoms with Gasteiger partial charge in [0.15, 0.2) is 0 Å². The Hall–Kier alpha value is -2.01. The molecule has 0 aliphatic rings. The molecule has 0 saturated heterocycles. The Labute approximate surface area is 116 Å². The number of nitrogen functional groups attached to an aromatic ring is 1. The second-order valence-corrected chi connectivity index (χ2v) is 4.72. The van der Waals surface area contributed by atoms with Crippen LogP contribution in [0.1, 0.15) is 16.8 Å². The van der Waals surface area contributed by atoms with E-state index in [9.17, 15) is 0 Å². The third-order valence-electron chi connectivity index (χ3n) is 2.78. The minimum absolute atomic E-state index is 0.0636.